The molecule has 20 heavy (non-hydrogen) atoms. The fourth-order valence-electron chi connectivity index (χ4n) is 1.51. The summed E-state index contributed by atoms with van der Waals surface area (Å²) in [4.78, 5) is 23.3. The van der Waals surface area contributed by atoms with Crippen molar-refractivity contribution >= 4 is 11.9 Å². The van der Waals surface area contributed by atoms with Crippen molar-refractivity contribution in [1.29, 1.82) is 0 Å². The first-order valence-electron chi connectivity index (χ1n) is 6.51. The number of esters is 1. The van der Waals surface area contributed by atoms with E-state index in [4.69, 9.17) is 4.74 Å². The van der Waals surface area contributed by atoms with Crippen LogP contribution in [0.4, 0.5) is 0 Å². The lowest BCUT2D eigenvalue weighted by molar-refractivity contribution is -0.144. The number of rotatable bonds is 6. The first kappa shape index (κ1) is 16.0. The van der Waals surface area contributed by atoms with E-state index in [1.807, 2.05) is 6.92 Å². The van der Waals surface area contributed by atoms with Gasteiger partial charge in [-0.15, -0.1) is 6.58 Å². The van der Waals surface area contributed by atoms with Crippen LogP contribution in [0.5, 0.6) is 5.75 Å². The van der Waals surface area contributed by atoms with Gasteiger partial charge in [0.25, 0.3) is 0 Å². The molecular weight excluding hydrogens is 256 g/mol. The Morgan fingerprint density at radius 2 is 2.05 bits per heavy atom. The van der Waals surface area contributed by atoms with Crippen molar-refractivity contribution in [2.45, 2.75) is 33.6 Å². The Labute approximate surface area is 119 Å². The maximum absolute atomic E-state index is 12.0. The highest BCUT2D eigenvalue weighted by atomic mass is 16.5. The minimum absolute atomic E-state index is 0.00963. The van der Waals surface area contributed by atoms with Crippen LogP contribution >= 0.6 is 0 Å². The molecule has 4 heteroatoms. The van der Waals surface area contributed by atoms with E-state index in [0.717, 1.165) is 5.56 Å². The van der Waals surface area contributed by atoms with E-state index in [1.54, 1.807) is 26.0 Å². The van der Waals surface area contributed by atoms with Crippen LogP contribution < -0.4 is 4.74 Å². The molecule has 0 atom stereocenters. The number of hydrogen-bond donors (Lipinski definition) is 1. The molecule has 0 saturated carbocycles. The van der Waals surface area contributed by atoms with Gasteiger partial charge in [0.15, 0.2) is 0 Å². The fraction of sp³-hybridized carbons (Fsp3) is 0.375. The second-order valence-corrected chi connectivity index (χ2v) is 5.26. The van der Waals surface area contributed by atoms with Gasteiger partial charge >= 0.3 is 11.9 Å². The molecule has 108 valence electrons. The van der Waals surface area contributed by atoms with Gasteiger partial charge in [-0.25, -0.2) is 4.79 Å². The number of carboxylic acid groups (broad SMARTS) is 1. The summed E-state index contributed by atoms with van der Waals surface area (Å²) in [5.74, 6) is -1.47. The quantitative estimate of drug-likeness (QED) is 0.491. The van der Waals surface area contributed by atoms with Crippen molar-refractivity contribution < 1.29 is 19.4 Å². The van der Waals surface area contributed by atoms with Crippen molar-refractivity contribution in [2.75, 3.05) is 0 Å². The van der Waals surface area contributed by atoms with E-state index in [2.05, 4.69) is 6.58 Å². The molecule has 0 aliphatic rings. The Hall–Kier alpha value is -2.10. The fourth-order valence-corrected chi connectivity index (χ4v) is 1.51. The third-order valence-electron chi connectivity index (χ3n) is 3.29. The first-order valence-corrected chi connectivity index (χ1v) is 6.51. The SMILES string of the molecule is C=CCc1ccc(OC(=O)C(C)(C)CC)c(C(=O)O)c1. The van der Waals surface area contributed by atoms with Gasteiger partial charge < -0.3 is 9.84 Å². The molecule has 1 rings (SSSR count). The molecule has 0 aliphatic carbocycles. The van der Waals surface area contributed by atoms with Gasteiger partial charge in [-0.2, -0.15) is 0 Å². The second kappa shape index (κ2) is 6.37. The van der Waals surface area contributed by atoms with Crippen LogP contribution in [0.3, 0.4) is 0 Å². The number of carbonyl (C=O) groups excluding carboxylic acids is 1. The van der Waals surface area contributed by atoms with Gasteiger partial charge in [0.2, 0.25) is 0 Å². The molecule has 0 radical (unpaired) electrons. The van der Waals surface area contributed by atoms with Crippen molar-refractivity contribution in [1.82, 2.24) is 0 Å². The maximum Gasteiger partial charge on any atom is 0.339 e. The van der Waals surface area contributed by atoms with Crippen LogP contribution in [0.25, 0.3) is 0 Å². The first-order chi connectivity index (χ1) is 9.31. The predicted octanol–water partition coefficient (Wildman–Crippen LogP) is 3.45. The summed E-state index contributed by atoms with van der Waals surface area (Å²) in [5.41, 5.74) is 0.159. The monoisotopic (exact) mass is 276 g/mol. The molecular formula is C16H20O4. The highest BCUT2D eigenvalue weighted by molar-refractivity contribution is 5.92. The smallest absolute Gasteiger partial charge is 0.339 e. The van der Waals surface area contributed by atoms with Crippen molar-refractivity contribution in [2.24, 2.45) is 5.41 Å². The Kier molecular flexibility index (Phi) is 5.08. The molecule has 1 N–H and O–H groups in total. The molecule has 0 spiro atoms. The standard InChI is InChI=1S/C16H20O4/c1-5-7-11-8-9-13(12(10-11)14(17)18)20-15(19)16(3,4)6-2/h5,8-10H,1,6-7H2,2-4H3,(H,17,18). The lowest BCUT2D eigenvalue weighted by Crippen LogP contribution is -2.28. The number of allylic oxidation sites excluding steroid dienone is 1. The summed E-state index contributed by atoms with van der Waals surface area (Å²) < 4.78 is 5.25. The minimum atomic E-state index is -1.12. The maximum atomic E-state index is 12.0. The van der Waals surface area contributed by atoms with Crippen LogP contribution in [0.2, 0.25) is 0 Å². The van der Waals surface area contributed by atoms with Gasteiger partial charge in [0.05, 0.1) is 5.41 Å². The molecule has 0 bridgehead atoms. The lowest BCUT2D eigenvalue weighted by atomic mass is 9.90. The number of carboxylic acids is 1. The summed E-state index contributed by atoms with van der Waals surface area (Å²) in [6.45, 7) is 9.02. The zero-order valence-corrected chi connectivity index (χ0v) is 12.1. The zero-order valence-electron chi connectivity index (χ0n) is 12.1. The summed E-state index contributed by atoms with van der Waals surface area (Å²) in [7, 11) is 0. The van der Waals surface area contributed by atoms with Gasteiger partial charge in [-0.05, 0) is 44.4 Å². The molecule has 4 nitrogen and oxygen atoms in total. The minimum Gasteiger partial charge on any atom is -0.478 e. The van der Waals surface area contributed by atoms with Gasteiger partial charge in [0.1, 0.15) is 11.3 Å². The molecule has 0 unspecified atom stereocenters. The van der Waals surface area contributed by atoms with Crippen LogP contribution in [0.15, 0.2) is 30.9 Å². The zero-order chi connectivity index (χ0) is 15.3. The van der Waals surface area contributed by atoms with E-state index in [1.165, 1.54) is 12.1 Å². The summed E-state index contributed by atoms with van der Waals surface area (Å²) in [6.07, 6.45) is 2.87. The third kappa shape index (κ3) is 3.70. The van der Waals surface area contributed by atoms with Gasteiger partial charge in [0, 0.05) is 0 Å². The normalized spacial score (nSPS) is 10.9. The topological polar surface area (TPSA) is 63.6 Å². The molecule has 1 aromatic carbocycles. The van der Waals surface area contributed by atoms with Crippen molar-refractivity contribution in [3.8, 4) is 5.75 Å². The Bertz CT molecular complexity index is 529. The van der Waals surface area contributed by atoms with Crippen LogP contribution in [0.1, 0.15) is 43.1 Å². The van der Waals surface area contributed by atoms with Crippen molar-refractivity contribution in [3.05, 3.63) is 42.0 Å². The molecule has 0 aliphatic heterocycles. The molecule has 0 heterocycles. The number of aromatic carboxylic acids is 1. The average Bonchev–Trinajstić information content (AvgIpc) is 2.40. The number of ether oxygens (including phenoxy) is 1. The Morgan fingerprint density at radius 1 is 1.40 bits per heavy atom. The molecule has 0 fully saturated rings. The molecule has 1 aromatic rings. The van der Waals surface area contributed by atoms with E-state index in [0.29, 0.717) is 12.8 Å². The summed E-state index contributed by atoms with van der Waals surface area (Å²) in [6, 6.07) is 4.76. The highest BCUT2D eigenvalue weighted by Crippen LogP contribution is 2.26. The van der Waals surface area contributed by atoms with Gasteiger partial charge in [-0.3, -0.25) is 4.79 Å². The highest BCUT2D eigenvalue weighted by Gasteiger charge is 2.28. The number of carbonyl (C=O) groups is 2. The number of benzene rings is 1. The van der Waals surface area contributed by atoms with Gasteiger partial charge in [-0.1, -0.05) is 19.1 Å². The second-order valence-electron chi connectivity index (χ2n) is 5.26. The van der Waals surface area contributed by atoms with Crippen molar-refractivity contribution in [3.63, 3.8) is 0 Å². The lowest BCUT2D eigenvalue weighted by Gasteiger charge is -2.20. The van der Waals surface area contributed by atoms with Crippen LogP contribution in [-0.2, 0) is 11.2 Å². The summed E-state index contributed by atoms with van der Waals surface area (Å²) >= 11 is 0. The van der Waals surface area contributed by atoms with Crippen LogP contribution in [0, 0.1) is 5.41 Å². The van der Waals surface area contributed by atoms with E-state index in [-0.39, 0.29) is 11.3 Å². The van der Waals surface area contributed by atoms with E-state index < -0.39 is 17.4 Å². The Balaban J connectivity index is 3.09. The van der Waals surface area contributed by atoms with E-state index >= 15 is 0 Å². The average molecular weight is 276 g/mol. The largest absolute Gasteiger partial charge is 0.478 e. The number of hydrogen-bond acceptors (Lipinski definition) is 3. The molecule has 0 saturated heterocycles. The third-order valence-corrected chi connectivity index (χ3v) is 3.29. The van der Waals surface area contributed by atoms with Crippen LogP contribution in [-0.4, -0.2) is 17.0 Å². The molecule has 0 amide bonds. The van der Waals surface area contributed by atoms with E-state index in [9.17, 15) is 14.7 Å². The summed E-state index contributed by atoms with van der Waals surface area (Å²) in [5, 5.41) is 9.21. The predicted molar refractivity (Wildman–Crippen MR) is 77.0 cm³/mol. The molecule has 0 aromatic heterocycles. The Morgan fingerprint density at radius 3 is 2.55 bits per heavy atom.